The first kappa shape index (κ1) is 26.4. The van der Waals surface area contributed by atoms with Gasteiger partial charge < -0.3 is 19.3 Å². The number of carbonyl (C=O) groups is 2. The van der Waals surface area contributed by atoms with Crippen molar-refractivity contribution in [3.63, 3.8) is 0 Å². The van der Waals surface area contributed by atoms with Gasteiger partial charge in [0.05, 0.1) is 25.3 Å². The lowest BCUT2D eigenvalue weighted by Gasteiger charge is -2.22. The van der Waals surface area contributed by atoms with Crippen molar-refractivity contribution in [2.24, 2.45) is 0 Å². The van der Waals surface area contributed by atoms with E-state index in [2.05, 4.69) is 13.8 Å². The molecule has 37 heavy (non-hydrogen) atoms. The zero-order valence-corrected chi connectivity index (χ0v) is 23.2. The van der Waals surface area contributed by atoms with E-state index >= 15 is 0 Å². The average molecular weight is 537 g/mol. The molecule has 8 heteroatoms. The highest BCUT2D eigenvalue weighted by Crippen LogP contribution is 2.48. The van der Waals surface area contributed by atoms with Crippen molar-refractivity contribution in [2.45, 2.75) is 34.3 Å². The second-order valence-electron chi connectivity index (χ2n) is 8.15. The summed E-state index contributed by atoms with van der Waals surface area (Å²) in [5, 5.41) is 12.0. The molecular weight excluding hydrogens is 508 g/mol. The maximum atomic E-state index is 12.9. The van der Waals surface area contributed by atoms with E-state index in [4.69, 9.17) is 14.2 Å². The maximum absolute atomic E-state index is 12.9. The fourth-order valence-corrected chi connectivity index (χ4v) is 6.30. The highest BCUT2D eigenvalue weighted by atomic mass is 32.1. The molecule has 0 spiro atoms. The Morgan fingerprint density at radius 2 is 1.68 bits per heavy atom. The Bertz CT molecular complexity index is 1480. The fourth-order valence-electron chi connectivity index (χ4n) is 4.37. The SMILES string of the molecule is CC.COC(=O)c1cc2c(cc1-c1cc(OC)c(-c3cccs3)cc1C(=O)O)OCc1c-2sc(C)c1C. The van der Waals surface area contributed by atoms with Crippen LogP contribution in [-0.4, -0.2) is 31.3 Å². The number of benzene rings is 2. The summed E-state index contributed by atoms with van der Waals surface area (Å²) < 4.78 is 16.8. The quantitative estimate of drug-likeness (QED) is 0.262. The van der Waals surface area contributed by atoms with E-state index in [1.807, 2.05) is 31.4 Å². The van der Waals surface area contributed by atoms with Gasteiger partial charge in [-0.05, 0) is 55.1 Å². The third-order valence-electron chi connectivity index (χ3n) is 6.30. The van der Waals surface area contributed by atoms with Gasteiger partial charge in [-0.1, -0.05) is 19.9 Å². The van der Waals surface area contributed by atoms with Gasteiger partial charge in [0.15, 0.2) is 0 Å². The van der Waals surface area contributed by atoms with Gasteiger partial charge in [-0.3, -0.25) is 0 Å². The lowest BCUT2D eigenvalue weighted by atomic mass is 9.90. The molecule has 0 fully saturated rings. The Labute approximate surface area is 224 Å². The van der Waals surface area contributed by atoms with E-state index in [0.717, 1.165) is 20.9 Å². The third-order valence-corrected chi connectivity index (χ3v) is 8.48. The van der Waals surface area contributed by atoms with Gasteiger partial charge >= 0.3 is 11.9 Å². The highest BCUT2D eigenvalue weighted by molar-refractivity contribution is 7.16. The van der Waals surface area contributed by atoms with Gasteiger partial charge in [0.2, 0.25) is 0 Å². The molecule has 5 rings (SSSR count). The Balaban J connectivity index is 0.00000156. The summed E-state index contributed by atoms with van der Waals surface area (Å²) in [6.07, 6.45) is 0. The minimum atomic E-state index is -1.11. The number of methoxy groups -OCH3 is 2. The Kier molecular flexibility index (Phi) is 7.71. The predicted molar refractivity (Wildman–Crippen MR) is 149 cm³/mol. The molecule has 192 valence electrons. The number of fused-ring (bicyclic) bond motifs is 3. The van der Waals surface area contributed by atoms with Gasteiger partial charge in [0, 0.05) is 42.4 Å². The van der Waals surface area contributed by atoms with Crippen LogP contribution in [0.25, 0.3) is 32.0 Å². The summed E-state index contributed by atoms with van der Waals surface area (Å²) in [5.74, 6) is -0.563. The molecule has 2 aromatic heterocycles. The minimum Gasteiger partial charge on any atom is -0.496 e. The minimum absolute atomic E-state index is 0.0543. The Morgan fingerprint density at radius 3 is 2.30 bits per heavy atom. The van der Waals surface area contributed by atoms with Crippen molar-refractivity contribution in [2.75, 3.05) is 14.2 Å². The van der Waals surface area contributed by atoms with Crippen LogP contribution in [0.3, 0.4) is 0 Å². The normalized spacial score (nSPS) is 11.4. The van der Waals surface area contributed by atoms with Crippen molar-refractivity contribution >= 4 is 34.6 Å². The molecule has 0 radical (unpaired) electrons. The smallest absolute Gasteiger partial charge is 0.338 e. The third kappa shape index (κ3) is 4.63. The number of rotatable bonds is 5. The van der Waals surface area contributed by atoms with Gasteiger partial charge in [-0.2, -0.15) is 0 Å². The van der Waals surface area contributed by atoms with Crippen molar-refractivity contribution in [1.82, 2.24) is 0 Å². The van der Waals surface area contributed by atoms with Crippen LogP contribution in [-0.2, 0) is 11.3 Å². The van der Waals surface area contributed by atoms with Crippen LogP contribution in [0.15, 0.2) is 41.8 Å². The van der Waals surface area contributed by atoms with Crippen molar-refractivity contribution in [1.29, 1.82) is 0 Å². The highest BCUT2D eigenvalue weighted by Gasteiger charge is 2.29. The van der Waals surface area contributed by atoms with Crippen LogP contribution < -0.4 is 9.47 Å². The number of hydrogen-bond acceptors (Lipinski definition) is 7. The number of esters is 1. The number of carboxylic acids is 1. The van der Waals surface area contributed by atoms with E-state index in [-0.39, 0.29) is 11.1 Å². The van der Waals surface area contributed by atoms with E-state index in [1.54, 1.807) is 35.6 Å². The number of carbonyl (C=O) groups excluding carboxylic acids is 1. The van der Waals surface area contributed by atoms with Crippen LogP contribution in [0.1, 0.15) is 50.6 Å². The summed E-state index contributed by atoms with van der Waals surface area (Å²) in [7, 11) is 2.85. The summed E-state index contributed by atoms with van der Waals surface area (Å²) in [6.45, 7) is 8.55. The largest absolute Gasteiger partial charge is 0.496 e. The van der Waals surface area contributed by atoms with Crippen molar-refractivity contribution in [3.05, 3.63) is 68.9 Å². The van der Waals surface area contributed by atoms with Crippen LogP contribution in [0.5, 0.6) is 11.5 Å². The first-order valence-corrected chi connectivity index (χ1v) is 13.5. The second-order valence-corrected chi connectivity index (χ2v) is 10.3. The van der Waals surface area contributed by atoms with Crippen LogP contribution in [0.2, 0.25) is 0 Å². The standard InChI is InChI=1S/C27H22O6S2.C2H6/c1-13-14(2)35-25-20-9-18(27(30)32-4)16(11-23(20)33-12-21(13)25)15-10-22(31-3)19(8-17(15)26(28)29)24-6-5-7-34-24;1-2/h5-11H,12H2,1-4H3,(H,28,29);1-2H3. The first-order valence-electron chi connectivity index (χ1n) is 11.8. The van der Waals surface area contributed by atoms with E-state index in [0.29, 0.717) is 34.8 Å². The first-order chi connectivity index (χ1) is 17.8. The molecule has 1 N–H and O–H groups in total. The predicted octanol–water partition coefficient (Wildman–Crippen LogP) is 7.84. The zero-order valence-electron chi connectivity index (χ0n) is 21.6. The molecule has 3 heterocycles. The molecular formula is C29H28O6S2. The number of carboxylic acid groups (broad SMARTS) is 1. The van der Waals surface area contributed by atoms with Gasteiger partial charge in [-0.25, -0.2) is 9.59 Å². The number of aromatic carboxylic acids is 1. The second kappa shape index (κ2) is 10.8. The fraction of sp³-hybridized carbons (Fsp3) is 0.241. The molecule has 0 saturated carbocycles. The summed E-state index contributed by atoms with van der Waals surface area (Å²) in [5.41, 5.74) is 4.85. The molecule has 0 bridgehead atoms. The van der Waals surface area contributed by atoms with Crippen molar-refractivity contribution in [3.8, 4) is 43.5 Å². The molecule has 0 saturated heterocycles. The van der Waals surface area contributed by atoms with Crippen LogP contribution in [0, 0.1) is 13.8 Å². The van der Waals surface area contributed by atoms with Gasteiger partial charge in [0.1, 0.15) is 18.1 Å². The molecule has 1 aliphatic heterocycles. The molecule has 1 aliphatic rings. The maximum Gasteiger partial charge on any atom is 0.338 e. The van der Waals surface area contributed by atoms with E-state index < -0.39 is 11.9 Å². The molecule has 2 aromatic carbocycles. The molecule has 0 unspecified atom stereocenters. The van der Waals surface area contributed by atoms with Gasteiger partial charge in [0.25, 0.3) is 0 Å². The summed E-state index contributed by atoms with van der Waals surface area (Å²) in [6, 6.07) is 10.5. The lowest BCUT2D eigenvalue weighted by Crippen LogP contribution is -2.10. The number of ether oxygens (including phenoxy) is 3. The molecule has 0 amide bonds. The van der Waals surface area contributed by atoms with Crippen molar-refractivity contribution < 1.29 is 28.9 Å². The molecule has 4 aromatic rings. The van der Waals surface area contributed by atoms with Crippen LogP contribution in [0.4, 0.5) is 0 Å². The van der Waals surface area contributed by atoms with Gasteiger partial charge in [-0.15, -0.1) is 22.7 Å². The average Bonchev–Trinajstić information content (AvgIpc) is 3.56. The molecule has 6 nitrogen and oxygen atoms in total. The number of aryl methyl sites for hydroxylation is 1. The van der Waals surface area contributed by atoms with E-state index in [9.17, 15) is 14.7 Å². The van der Waals surface area contributed by atoms with Crippen LogP contribution >= 0.6 is 22.7 Å². The summed E-state index contributed by atoms with van der Waals surface area (Å²) in [4.78, 5) is 28.4. The number of hydrogen-bond donors (Lipinski definition) is 1. The monoisotopic (exact) mass is 536 g/mol. The topological polar surface area (TPSA) is 82.1 Å². The molecule has 0 aliphatic carbocycles. The Morgan fingerprint density at radius 1 is 0.973 bits per heavy atom. The molecule has 0 atom stereocenters. The zero-order chi connectivity index (χ0) is 26.9. The number of thiophene rings is 2. The summed E-state index contributed by atoms with van der Waals surface area (Å²) >= 11 is 3.15. The van der Waals surface area contributed by atoms with E-state index in [1.165, 1.54) is 36.0 Å². The lowest BCUT2D eigenvalue weighted by molar-refractivity contribution is 0.0600. The Hall–Kier alpha value is -3.62.